The fourth-order valence-electron chi connectivity index (χ4n) is 4.41. The quantitative estimate of drug-likeness (QED) is 0.322. The molecule has 0 radical (unpaired) electrons. The smallest absolute Gasteiger partial charge is 0.174 e. The molecule has 5 rings (SSSR count). The van der Waals surface area contributed by atoms with E-state index < -0.39 is 0 Å². The Morgan fingerprint density at radius 3 is 2.33 bits per heavy atom. The van der Waals surface area contributed by atoms with Crippen LogP contribution in [0.4, 0.5) is 5.69 Å². The van der Waals surface area contributed by atoms with Crippen LogP contribution in [-0.2, 0) is 0 Å². The van der Waals surface area contributed by atoms with E-state index in [1.54, 1.807) is 7.11 Å². The largest absolute Gasteiger partial charge is 0.497 e. The molecule has 0 unspecified atom stereocenters. The fraction of sp³-hybridized carbons (Fsp3) is 0.154. The molecule has 1 aliphatic rings. The lowest BCUT2D eigenvalue weighted by Crippen LogP contribution is -2.30. The Hall–Kier alpha value is -3.16. The van der Waals surface area contributed by atoms with Gasteiger partial charge in [0.15, 0.2) is 5.11 Å². The fourth-order valence-corrected chi connectivity index (χ4v) is 5.02. The van der Waals surface area contributed by atoms with Crippen molar-refractivity contribution in [2.45, 2.75) is 19.0 Å². The predicted molar refractivity (Wildman–Crippen MR) is 139 cm³/mol. The zero-order valence-corrected chi connectivity index (χ0v) is 20.7. The molecule has 0 saturated carbocycles. The lowest BCUT2D eigenvalue weighted by Gasteiger charge is -2.29. The highest BCUT2D eigenvalue weighted by Gasteiger charge is 2.42. The van der Waals surface area contributed by atoms with Crippen molar-refractivity contribution >= 4 is 38.9 Å². The number of halogens is 1. The molecular formula is C26H23BrN4OS. The topological polar surface area (TPSA) is 42.3 Å². The van der Waals surface area contributed by atoms with Gasteiger partial charge in [-0.15, -0.1) is 0 Å². The van der Waals surface area contributed by atoms with Gasteiger partial charge in [0.2, 0.25) is 0 Å². The van der Waals surface area contributed by atoms with Crippen LogP contribution in [0.5, 0.6) is 5.75 Å². The molecule has 1 aliphatic heterocycles. The molecule has 1 fully saturated rings. The summed E-state index contributed by atoms with van der Waals surface area (Å²) in [4.78, 5) is 6.85. The molecule has 1 N–H and O–H groups in total. The highest BCUT2D eigenvalue weighted by atomic mass is 79.9. The first kappa shape index (κ1) is 21.7. The Bertz CT molecular complexity index is 1270. The number of pyridine rings is 1. The number of nitrogens with zero attached hydrogens (tertiary/aromatic N) is 3. The zero-order chi connectivity index (χ0) is 22.9. The van der Waals surface area contributed by atoms with E-state index in [4.69, 9.17) is 17.0 Å². The van der Waals surface area contributed by atoms with E-state index in [9.17, 15) is 0 Å². The van der Waals surface area contributed by atoms with E-state index in [0.717, 1.165) is 38.7 Å². The van der Waals surface area contributed by atoms with E-state index in [2.05, 4.69) is 79.0 Å². The van der Waals surface area contributed by atoms with Gasteiger partial charge < -0.3 is 19.5 Å². The number of ether oxygens (including phenoxy) is 1. The van der Waals surface area contributed by atoms with Crippen molar-refractivity contribution in [3.63, 3.8) is 0 Å². The van der Waals surface area contributed by atoms with Gasteiger partial charge in [-0.1, -0.05) is 22.0 Å². The number of nitrogens with one attached hydrogen (secondary N) is 1. The van der Waals surface area contributed by atoms with Crippen molar-refractivity contribution in [1.29, 1.82) is 0 Å². The van der Waals surface area contributed by atoms with Gasteiger partial charge in [-0.05, 0) is 91.9 Å². The number of aryl methyl sites for hydroxylation is 1. The van der Waals surface area contributed by atoms with Crippen LogP contribution in [0, 0.1) is 6.92 Å². The first-order valence-electron chi connectivity index (χ1n) is 10.7. The molecule has 0 aliphatic carbocycles. The summed E-state index contributed by atoms with van der Waals surface area (Å²) in [5.41, 5.74) is 5.32. The summed E-state index contributed by atoms with van der Waals surface area (Å²) in [7, 11) is 1.68. The van der Waals surface area contributed by atoms with Crippen LogP contribution in [-0.4, -0.2) is 21.8 Å². The van der Waals surface area contributed by atoms with Crippen LogP contribution in [0.2, 0.25) is 0 Å². The Kier molecular flexibility index (Phi) is 5.91. The second kappa shape index (κ2) is 9.00. The van der Waals surface area contributed by atoms with Crippen molar-refractivity contribution in [2.75, 3.05) is 12.0 Å². The number of benzene rings is 2. The van der Waals surface area contributed by atoms with E-state index >= 15 is 0 Å². The van der Waals surface area contributed by atoms with Crippen molar-refractivity contribution < 1.29 is 4.74 Å². The molecule has 2 atom stereocenters. The normalized spacial score (nSPS) is 17.8. The molecule has 2 aromatic carbocycles. The number of thiocarbonyl (C=S) groups is 1. The molecule has 166 valence electrons. The van der Waals surface area contributed by atoms with Gasteiger partial charge in [0, 0.05) is 33.4 Å². The summed E-state index contributed by atoms with van der Waals surface area (Å²) in [5.74, 6) is 0.830. The average molecular weight is 519 g/mol. The standard InChI is InChI=1S/C26H23BrN4OS/c1-17-6-15-23(30(17)19-11-13-21(32-2)14-12-19)25-24(22-5-3-4-16-28-22)29-26(33)31(25)20-9-7-18(27)8-10-20/h3-16,24-25H,1-2H3,(H,29,33)/t24-,25+/m1/s1. The van der Waals surface area contributed by atoms with Crippen LogP contribution >= 0.6 is 28.1 Å². The monoisotopic (exact) mass is 518 g/mol. The second-order valence-electron chi connectivity index (χ2n) is 7.91. The van der Waals surface area contributed by atoms with E-state index in [1.165, 1.54) is 0 Å². The molecule has 0 bridgehead atoms. The van der Waals surface area contributed by atoms with Crippen LogP contribution < -0.4 is 15.0 Å². The molecule has 2 aromatic heterocycles. The summed E-state index contributed by atoms with van der Waals surface area (Å²) in [5, 5.41) is 4.22. The second-order valence-corrected chi connectivity index (χ2v) is 9.21. The van der Waals surface area contributed by atoms with Crippen molar-refractivity contribution in [3.8, 4) is 11.4 Å². The summed E-state index contributed by atoms with van der Waals surface area (Å²) < 4.78 is 8.67. The Morgan fingerprint density at radius 1 is 0.939 bits per heavy atom. The van der Waals surface area contributed by atoms with Gasteiger partial charge >= 0.3 is 0 Å². The van der Waals surface area contributed by atoms with Gasteiger partial charge in [-0.25, -0.2) is 0 Å². The summed E-state index contributed by atoms with van der Waals surface area (Å²) in [6.07, 6.45) is 1.83. The van der Waals surface area contributed by atoms with Crippen LogP contribution in [0.25, 0.3) is 5.69 Å². The minimum atomic E-state index is -0.103. The average Bonchev–Trinajstić information content (AvgIpc) is 3.39. The van der Waals surface area contributed by atoms with Gasteiger partial charge in [0.1, 0.15) is 11.8 Å². The van der Waals surface area contributed by atoms with Crippen molar-refractivity contribution in [3.05, 3.63) is 107 Å². The summed E-state index contributed by atoms with van der Waals surface area (Å²) in [6, 6.07) is 26.5. The first-order valence-corrected chi connectivity index (χ1v) is 11.9. The highest BCUT2D eigenvalue weighted by Crippen LogP contribution is 2.43. The molecule has 1 saturated heterocycles. The molecule has 4 aromatic rings. The third-order valence-corrected chi connectivity index (χ3v) is 6.79. The number of anilines is 1. The third kappa shape index (κ3) is 4.03. The van der Waals surface area contributed by atoms with E-state index in [1.807, 2.05) is 48.7 Å². The minimum absolute atomic E-state index is 0.0932. The Balaban J connectivity index is 1.67. The maximum Gasteiger partial charge on any atom is 0.174 e. The molecule has 0 spiro atoms. The van der Waals surface area contributed by atoms with Crippen LogP contribution in [0.3, 0.4) is 0 Å². The van der Waals surface area contributed by atoms with Crippen molar-refractivity contribution in [1.82, 2.24) is 14.9 Å². The van der Waals surface area contributed by atoms with E-state index in [-0.39, 0.29) is 12.1 Å². The minimum Gasteiger partial charge on any atom is -0.497 e. The van der Waals surface area contributed by atoms with Crippen molar-refractivity contribution in [2.24, 2.45) is 0 Å². The number of methoxy groups -OCH3 is 1. The molecule has 7 heteroatoms. The van der Waals surface area contributed by atoms with Gasteiger partial charge in [-0.2, -0.15) is 0 Å². The third-order valence-electron chi connectivity index (χ3n) is 5.94. The Morgan fingerprint density at radius 2 is 1.67 bits per heavy atom. The Labute approximate surface area is 207 Å². The molecule has 33 heavy (non-hydrogen) atoms. The van der Waals surface area contributed by atoms with Crippen LogP contribution in [0.1, 0.15) is 29.2 Å². The van der Waals surface area contributed by atoms with Gasteiger partial charge in [-0.3, -0.25) is 4.98 Å². The maximum atomic E-state index is 5.86. The number of rotatable bonds is 5. The molecule has 3 heterocycles. The maximum absolute atomic E-state index is 5.86. The first-order chi connectivity index (χ1) is 16.1. The van der Waals surface area contributed by atoms with Crippen LogP contribution in [0.15, 0.2) is 89.5 Å². The predicted octanol–water partition coefficient (Wildman–Crippen LogP) is 6.13. The zero-order valence-electron chi connectivity index (χ0n) is 18.3. The van der Waals surface area contributed by atoms with E-state index in [0.29, 0.717) is 5.11 Å². The molecule has 5 nitrogen and oxygen atoms in total. The number of hydrogen-bond acceptors (Lipinski definition) is 3. The SMILES string of the molecule is COc1ccc(-n2c(C)ccc2[C@H]2[C@@H](c3ccccn3)NC(=S)N2c2ccc(Br)cc2)cc1. The number of hydrogen-bond donors (Lipinski definition) is 1. The molecule has 0 amide bonds. The molecular weight excluding hydrogens is 496 g/mol. The van der Waals surface area contributed by atoms with Gasteiger partial charge in [0.05, 0.1) is 18.8 Å². The lowest BCUT2D eigenvalue weighted by molar-refractivity contribution is 0.414. The summed E-state index contributed by atoms with van der Waals surface area (Å²) >= 11 is 9.40. The summed E-state index contributed by atoms with van der Waals surface area (Å²) in [6.45, 7) is 2.12. The lowest BCUT2D eigenvalue weighted by atomic mass is 10.0. The van der Waals surface area contributed by atoms with Gasteiger partial charge in [0.25, 0.3) is 0 Å². The number of aromatic nitrogens is 2. The highest BCUT2D eigenvalue weighted by molar-refractivity contribution is 9.10.